The second kappa shape index (κ2) is 14.8. The molecule has 0 saturated heterocycles. The Hall–Kier alpha value is -4.37. The topological polar surface area (TPSA) is 38.9 Å². The number of hydrogen-bond donors (Lipinski definition) is 0. The standard InChI is InChI=1S/C25H18NO.C17H20N.Ir/c1-17(18-7-3-2-4-8-18)19-13-14-26-23(16-19)20-11-12-25-22(15-20)21-9-5-6-10-24(21)27-25;1-12(2)9-16-11-18-17(10-14(16)4)15-7-5-13(3)6-8-15;/h2-10,12-17H,1H3;5-7,10-12H,9H2,1-4H3;/q2*-1;. The van der Waals surface area contributed by atoms with E-state index in [2.05, 4.69) is 123 Å². The maximum absolute atomic E-state index is 5.91. The van der Waals surface area contributed by atoms with Crippen LogP contribution in [0.1, 0.15) is 54.5 Å². The van der Waals surface area contributed by atoms with Gasteiger partial charge in [-0.05, 0) is 59.5 Å². The van der Waals surface area contributed by atoms with Crippen LogP contribution in [0.25, 0.3) is 44.5 Å². The Bertz CT molecular complexity index is 2050. The van der Waals surface area contributed by atoms with Crippen LogP contribution in [-0.2, 0) is 26.5 Å². The third kappa shape index (κ3) is 7.53. The number of fused-ring (bicyclic) bond motifs is 3. The minimum atomic E-state index is 0. The molecular formula is C42H38IrN2O-2. The van der Waals surface area contributed by atoms with E-state index < -0.39 is 0 Å². The Kier molecular flexibility index (Phi) is 10.6. The van der Waals surface area contributed by atoms with Gasteiger partial charge in [-0.25, -0.2) is 0 Å². The van der Waals surface area contributed by atoms with E-state index in [0.29, 0.717) is 11.8 Å². The summed E-state index contributed by atoms with van der Waals surface area (Å²) in [6.45, 7) is 10.9. The van der Waals surface area contributed by atoms with E-state index in [-0.39, 0.29) is 20.1 Å². The zero-order valence-corrected chi connectivity index (χ0v) is 29.4. The Morgan fingerprint density at radius 3 is 2.15 bits per heavy atom. The average Bonchev–Trinajstić information content (AvgIpc) is 3.44. The molecule has 7 rings (SSSR count). The van der Waals surface area contributed by atoms with E-state index in [4.69, 9.17) is 4.42 Å². The molecule has 1 unspecified atom stereocenters. The summed E-state index contributed by atoms with van der Waals surface area (Å²) in [5.74, 6) is 0.980. The first-order valence-electron chi connectivity index (χ1n) is 15.6. The first-order chi connectivity index (χ1) is 21.9. The summed E-state index contributed by atoms with van der Waals surface area (Å²) in [5.41, 5.74) is 12.2. The Labute approximate surface area is 286 Å². The number of nitrogens with zero attached hydrogens (tertiary/aromatic N) is 2. The summed E-state index contributed by atoms with van der Waals surface area (Å²) in [7, 11) is 0. The molecule has 0 aliphatic carbocycles. The van der Waals surface area contributed by atoms with Gasteiger partial charge < -0.3 is 14.4 Å². The van der Waals surface area contributed by atoms with Gasteiger partial charge in [0, 0.05) is 43.8 Å². The Morgan fingerprint density at radius 1 is 0.674 bits per heavy atom. The summed E-state index contributed by atoms with van der Waals surface area (Å²) in [6, 6.07) is 41.9. The van der Waals surface area contributed by atoms with Gasteiger partial charge in [0.25, 0.3) is 0 Å². The van der Waals surface area contributed by atoms with Crippen molar-refractivity contribution in [3.63, 3.8) is 0 Å². The van der Waals surface area contributed by atoms with Gasteiger partial charge in [-0.3, -0.25) is 0 Å². The van der Waals surface area contributed by atoms with Gasteiger partial charge in [0.2, 0.25) is 0 Å². The van der Waals surface area contributed by atoms with E-state index in [9.17, 15) is 0 Å². The van der Waals surface area contributed by atoms with Gasteiger partial charge in [0.15, 0.2) is 0 Å². The van der Waals surface area contributed by atoms with E-state index in [1.54, 1.807) is 0 Å². The second-order valence-corrected chi connectivity index (χ2v) is 12.2. The maximum atomic E-state index is 5.91. The van der Waals surface area contributed by atoms with E-state index in [1.807, 2.05) is 48.8 Å². The molecule has 3 nitrogen and oxygen atoms in total. The molecule has 0 saturated carbocycles. The van der Waals surface area contributed by atoms with Gasteiger partial charge in [-0.1, -0.05) is 99.3 Å². The third-order valence-electron chi connectivity index (χ3n) is 8.26. The number of benzene rings is 4. The van der Waals surface area contributed by atoms with Crippen LogP contribution in [-0.4, -0.2) is 9.97 Å². The number of pyridine rings is 2. The van der Waals surface area contributed by atoms with Gasteiger partial charge in [0.1, 0.15) is 5.58 Å². The first-order valence-corrected chi connectivity index (χ1v) is 15.6. The van der Waals surface area contributed by atoms with Crippen LogP contribution in [0, 0.1) is 31.9 Å². The summed E-state index contributed by atoms with van der Waals surface area (Å²) in [4.78, 5) is 9.16. The number of aryl methyl sites for hydroxylation is 2. The number of rotatable bonds is 6. The molecule has 0 fully saturated rings. The molecule has 4 aromatic carbocycles. The Morgan fingerprint density at radius 2 is 1.41 bits per heavy atom. The predicted octanol–water partition coefficient (Wildman–Crippen LogP) is 11.0. The number of aromatic nitrogens is 2. The quantitative estimate of drug-likeness (QED) is 0.158. The first kappa shape index (κ1) is 33.0. The molecule has 46 heavy (non-hydrogen) atoms. The van der Waals surface area contributed by atoms with Crippen molar-refractivity contribution in [3.05, 3.63) is 155 Å². The van der Waals surface area contributed by atoms with Crippen LogP contribution in [0.15, 0.2) is 120 Å². The minimum absolute atomic E-state index is 0. The summed E-state index contributed by atoms with van der Waals surface area (Å²) >= 11 is 0. The van der Waals surface area contributed by atoms with Gasteiger partial charge >= 0.3 is 0 Å². The fraction of sp³-hybridized carbons (Fsp3) is 0.190. The SMILES string of the molecule is CC(c1ccccc1)c1ccnc(-c2[c-]cc3oc4ccccc4c3c2)c1.Cc1c[c-]c(-c2cc(C)c(CC(C)C)cn2)cc1.[Ir]. The molecule has 7 aromatic rings. The van der Waals surface area contributed by atoms with Gasteiger partial charge in [0.05, 0.1) is 5.58 Å². The fourth-order valence-electron chi connectivity index (χ4n) is 5.66. The largest absolute Gasteiger partial charge is 0.500 e. The van der Waals surface area contributed by atoms with Crippen molar-refractivity contribution in [2.45, 2.75) is 47.0 Å². The molecule has 3 heterocycles. The molecule has 3 aromatic heterocycles. The van der Waals surface area contributed by atoms with Crippen LogP contribution < -0.4 is 0 Å². The van der Waals surface area contributed by atoms with Crippen molar-refractivity contribution in [1.29, 1.82) is 0 Å². The van der Waals surface area contributed by atoms with Crippen molar-refractivity contribution in [1.82, 2.24) is 9.97 Å². The van der Waals surface area contributed by atoms with Crippen LogP contribution in [0.5, 0.6) is 0 Å². The van der Waals surface area contributed by atoms with Crippen LogP contribution >= 0.6 is 0 Å². The molecule has 4 heteroatoms. The van der Waals surface area contributed by atoms with E-state index >= 15 is 0 Å². The number of hydrogen-bond acceptors (Lipinski definition) is 3. The Balaban J connectivity index is 0.000000193. The zero-order valence-electron chi connectivity index (χ0n) is 27.0. The predicted molar refractivity (Wildman–Crippen MR) is 186 cm³/mol. The molecule has 233 valence electrons. The van der Waals surface area contributed by atoms with Gasteiger partial charge in [-0.15, -0.1) is 59.2 Å². The fourth-order valence-corrected chi connectivity index (χ4v) is 5.66. The third-order valence-corrected chi connectivity index (χ3v) is 8.26. The van der Waals surface area contributed by atoms with Crippen molar-refractivity contribution < 1.29 is 24.5 Å². The minimum Gasteiger partial charge on any atom is -0.500 e. The molecule has 0 N–H and O–H groups in total. The molecule has 0 amide bonds. The smallest absolute Gasteiger partial charge is 0.120 e. The van der Waals surface area contributed by atoms with E-state index in [1.165, 1.54) is 27.8 Å². The van der Waals surface area contributed by atoms with Crippen LogP contribution in [0.3, 0.4) is 0 Å². The molecule has 1 radical (unpaired) electrons. The monoisotopic (exact) mass is 779 g/mol. The van der Waals surface area contributed by atoms with Crippen molar-refractivity contribution in [3.8, 4) is 22.5 Å². The number of furan rings is 1. The van der Waals surface area contributed by atoms with Crippen molar-refractivity contribution in [2.24, 2.45) is 5.92 Å². The van der Waals surface area contributed by atoms with E-state index in [0.717, 1.165) is 50.9 Å². The maximum Gasteiger partial charge on any atom is 0.120 e. The summed E-state index contributed by atoms with van der Waals surface area (Å²) in [5, 5.41) is 2.22. The second-order valence-electron chi connectivity index (χ2n) is 12.2. The molecule has 0 aliphatic heterocycles. The molecule has 0 spiro atoms. The summed E-state index contributed by atoms with van der Waals surface area (Å²) in [6.07, 6.45) is 4.99. The van der Waals surface area contributed by atoms with Gasteiger partial charge in [-0.2, -0.15) is 0 Å². The molecule has 0 bridgehead atoms. The average molecular weight is 779 g/mol. The summed E-state index contributed by atoms with van der Waals surface area (Å²) < 4.78 is 5.91. The molecule has 0 aliphatic rings. The number of para-hydroxylation sites is 1. The normalized spacial score (nSPS) is 11.6. The molecule has 1 atom stereocenters. The molecular weight excluding hydrogens is 741 g/mol. The van der Waals surface area contributed by atoms with Crippen molar-refractivity contribution in [2.75, 3.05) is 0 Å². The zero-order chi connectivity index (χ0) is 31.3. The van der Waals surface area contributed by atoms with Crippen LogP contribution in [0.4, 0.5) is 0 Å². The van der Waals surface area contributed by atoms with Crippen LogP contribution in [0.2, 0.25) is 0 Å². The van der Waals surface area contributed by atoms with Crippen molar-refractivity contribution >= 4 is 21.9 Å².